The largest absolute Gasteiger partial charge is 0.326 e. The van der Waals surface area contributed by atoms with Gasteiger partial charge >= 0.3 is 0 Å². The molecule has 2 aromatic rings. The van der Waals surface area contributed by atoms with Crippen LogP contribution in [0.3, 0.4) is 0 Å². The molecule has 136 valence electrons. The molecule has 1 heterocycles. The van der Waals surface area contributed by atoms with Gasteiger partial charge in [0.1, 0.15) is 0 Å². The zero-order valence-corrected chi connectivity index (χ0v) is 15.7. The zero-order chi connectivity index (χ0) is 19.6. The number of nitrogens with zero attached hydrogens (tertiary/aromatic N) is 2. The lowest BCUT2D eigenvalue weighted by Gasteiger charge is -2.15. The second kappa shape index (κ2) is 7.68. The minimum atomic E-state index is -0.487. The lowest BCUT2D eigenvalue weighted by Crippen LogP contribution is -2.27. The number of carbonyl (C=O) groups excluding carboxylic acids is 2. The molecule has 0 bridgehead atoms. The summed E-state index contributed by atoms with van der Waals surface area (Å²) in [5.41, 5.74) is 1.69. The van der Waals surface area contributed by atoms with E-state index >= 15 is 0 Å². The Balaban J connectivity index is 1.85. The molecule has 1 saturated heterocycles. The number of hydrogen-bond acceptors (Lipinski definition) is 6. The Labute approximate surface area is 164 Å². The second-order valence-corrected chi connectivity index (χ2v) is 7.27. The SMILES string of the molecule is CC(=O)Nc1ccc(N2C(=O)C(=Cc3cccc([N+](=O)[O-])c3)SC2=S)cc1. The topological polar surface area (TPSA) is 92.6 Å². The van der Waals surface area contributed by atoms with Gasteiger partial charge in [-0.2, -0.15) is 0 Å². The molecule has 1 N–H and O–H groups in total. The van der Waals surface area contributed by atoms with E-state index in [2.05, 4.69) is 5.32 Å². The predicted octanol–water partition coefficient (Wildman–Crippen LogP) is 3.96. The van der Waals surface area contributed by atoms with Gasteiger partial charge in [0, 0.05) is 24.7 Å². The van der Waals surface area contributed by atoms with Gasteiger partial charge in [-0.1, -0.05) is 36.1 Å². The summed E-state index contributed by atoms with van der Waals surface area (Å²) in [6.07, 6.45) is 1.58. The maximum absolute atomic E-state index is 12.7. The second-order valence-electron chi connectivity index (χ2n) is 5.60. The molecule has 0 atom stereocenters. The summed E-state index contributed by atoms with van der Waals surface area (Å²) >= 11 is 6.44. The number of nitro benzene ring substituents is 1. The van der Waals surface area contributed by atoms with Crippen LogP contribution in [0.2, 0.25) is 0 Å². The number of thioether (sulfide) groups is 1. The standard InChI is InChI=1S/C18H13N3O4S2/c1-11(22)19-13-5-7-14(8-6-13)20-17(23)16(27-18(20)26)10-12-3-2-4-15(9-12)21(24)25/h2-10H,1H3,(H,19,22). The van der Waals surface area contributed by atoms with Crippen molar-refractivity contribution in [2.24, 2.45) is 0 Å². The Morgan fingerprint density at radius 3 is 2.59 bits per heavy atom. The first-order valence-electron chi connectivity index (χ1n) is 7.75. The summed E-state index contributed by atoms with van der Waals surface area (Å²) in [6.45, 7) is 1.41. The predicted molar refractivity (Wildman–Crippen MR) is 109 cm³/mol. The van der Waals surface area contributed by atoms with Crippen LogP contribution in [0.25, 0.3) is 6.08 Å². The fraction of sp³-hybridized carbons (Fsp3) is 0.0556. The van der Waals surface area contributed by atoms with Crippen molar-refractivity contribution >= 4 is 63.3 Å². The van der Waals surface area contributed by atoms with Gasteiger partial charge in [-0.15, -0.1) is 0 Å². The third-order valence-corrected chi connectivity index (χ3v) is 4.92. The van der Waals surface area contributed by atoms with E-state index in [-0.39, 0.29) is 17.5 Å². The Morgan fingerprint density at radius 1 is 1.26 bits per heavy atom. The first-order chi connectivity index (χ1) is 12.8. The van der Waals surface area contributed by atoms with Gasteiger partial charge in [0.15, 0.2) is 4.32 Å². The molecule has 1 fully saturated rings. The third-order valence-electron chi connectivity index (χ3n) is 3.62. The summed E-state index contributed by atoms with van der Waals surface area (Å²) in [6, 6.07) is 12.8. The number of benzene rings is 2. The summed E-state index contributed by atoms with van der Waals surface area (Å²) in [4.78, 5) is 36.0. The molecule has 0 radical (unpaired) electrons. The van der Waals surface area contributed by atoms with Gasteiger partial charge in [-0.3, -0.25) is 24.6 Å². The van der Waals surface area contributed by atoms with Crippen molar-refractivity contribution < 1.29 is 14.5 Å². The number of thiocarbonyl (C=S) groups is 1. The van der Waals surface area contributed by atoms with Crippen molar-refractivity contribution in [1.82, 2.24) is 0 Å². The van der Waals surface area contributed by atoms with Crippen LogP contribution in [0.5, 0.6) is 0 Å². The molecule has 2 aromatic carbocycles. The summed E-state index contributed by atoms with van der Waals surface area (Å²) < 4.78 is 0.365. The van der Waals surface area contributed by atoms with E-state index in [4.69, 9.17) is 12.2 Å². The molecular weight excluding hydrogens is 386 g/mol. The number of rotatable bonds is 4. The smallest absolute Gasteiger partial charge is 0.270 e. The van der Waals surface area contributed by atoms with Crippen LogP contribution in [-0.2, 0) is 9.59 Å². The number of nitrogens with one attached hydrogen (secondary N) is 1. The van der Waals surface area contributed by atoms with E-state index < -0.39 is 4.92 Å². The monoisotopic (exact) mass is 399 g/mol. The van der Waals surface area contributed by atoms with Crippen molar-refractivity contribution in [2.45, 2.75) is 6.92 Å². The number of carbonyl (C=O) groups is 2. The Kier molecular flexibility index (Phi) is 5.33. The number of amides is 2. The molecule has 1 aliphatic heterocycles. The fourth-order valence-corrected chi connectivity index (χ4v) is 3.77. The van der Waals surface area contributed by atoms with Crippen LogP contribution in [-0.4, -0.2) is 21.1 Å². The van der Waals surface area contributed by atoms with E-state index in [1.165, 1.54) is 24.0 Å². The quantitative estimate of drug-likeness (QED) is 0.362. The summed E-state index contributed by atoms with van der Waals surface area (Å²) in [7, 11) is 0. The van der Waals surface area contributed by atoms with E-state index in [9.17, 15) is 19.7 Å². The highest BCUT2D eigenvalue weighted by Crippen LogP contribution is 2.36. The van der Waals surface area contributed by atoms with E-state index in [1.54, 1.807) is 42.5 Å². The number of non-ortho nitro benzene ring substituents is 1. The molecule has 27 heavy (non-hydrogen) atoms. The van der Waals surface area contributed by atoms with Gasteiger partial charge in [0.05, 0.1) is 15.5 Å². The highest BCUT2D eigenvalue weighted by atomic mass is 32.2. The van der Waals surface area contributed by atoms with Crippen molar-refractivity contribution in [1.29, 1.82) is 0 Å². The molecular formula is C18H13N3O4S2. The van der Waals surface area contributed by atoms with Crippen LogP contribution in [0.15, 0.2) is 53.4 Å². The van der Waals surface area contributed by atoms with Crippen molar-refractivity contribution in [3.63, 3.8) is 0 Å². The maximum Gasteiger partial charge on any atom is 0.270 e. The first-order valence-corrected chi connectivity index (χ1v) is 8.98. The normalized spacial score (nSPS) is 15.3. The van der Waals surface area contributed by atoms with Crippen molar-refractivity contribution in [3.8, 4) is 0 Å². The van der Waals surface area contributed by atoms with Crippen LogP contribution in [0.1, 0.15) is 12.5 Å². The first kappa shape index (κ1) is 18.7. The third kappa shape index (κ3) is 4.21. The molecule has 0 spiro atoms. The van der Waals surface area contributed by atoms with Gasteiger partial charge < -0.3 is 5.32 Å². The van der Waals surface area contributed by atoms with Crippen LogP contribution in [0, 0.1) is 10.1 Å². The Hall–Kier alpha value is -3.04. The van der Waals surface area contributed by atoms with Crippen LogP contribution >= 0.6 is 24.0 Å². The van der Waals surface area contributed by atoms with Gasteiger partial charge in [-0.25, -0.2) is 0 Å². The minimum Gasteiger partial charge on any atom is -0.326 e. The number of nitro groups is 1. The Bertz CT molecular complexity index is 986. The van der Waals surface area contributed by atoms with Crippen molar-refractivity contribution in [2.75, 3.05) is 10.2 Å². The lowest BCUT2D eigenvalue weighted by molar-refractivity contribution is -0.384. The fourth-order valence-electron chi connectivity index (χ4n) is 2.47. The molecule has 7 nitrogen and oxygen atoms in total. The summed E-state index contributed by atoms with van der Waals surface area (Å²) in [5, 5.41) is 13.5. The van der Waals surface area contributed by atoms with Gasteiger partial charge in [0.25, 0.3) is 11.6 Å². The maximum atomic E-state index is 12.7. The average Bonchev–Trinajstić information content (AvgIpc) is 2.89. The molecule has 0 aliphatic carbocycles. The molecule has 0 unspecified atom stereocenters. The Morgan fingerprint density at radius 2 is 1.96 bits per heavy atom. The highest BCUT2D eigenvalue weighted by Gasteiger charge is 2.33. The van der Waals surface area contributed by atoms with Crippen LogP contribution < -0.4 is 10.2 Å². The molecule has 3 rings (SSSR count). The molecule has 0 saturated carbocycles. The van der Waals surface area contributed by atoms with E-state index in [0.717, 1.165) is 11.8 Å². The number of anilines is 2. The average molecular weight is 399 g/mol. The van der Waals surface area contributed by atoms with Gasteiger partial charge in [0.2, 0.25) is 5.91 Å². The molecule has 1 aliphatic rings. The molecule has 9 heteroatoms. The minimum absolute atomic E-state index is 0.0483. The van der Waals surface area contributed by atoms with Crippen LogP contribution in [0.4, 0.5) is 17.1 Å². The highest BCUT2D eigenvalue weighted by molar-refractivity contribution is 8.27. The van der Waals surface area contributed by atoms with Gasteiger partial charge in [-0.05, 0) is 35.9 Å². The lowest BCUT2D eigenvalue weighted by atomic mass is 10.2. The summed E-state index contributed by atoms with van der Waals surface area (Å²) in [5.74, 6) is -0.489. The molecule has 0 aromatic heterocycles. The zero-order valence-electron chi connectivity index (χ0n) is 14.0. The number of hydrogen-bond donors (Lipinski definition) is 1. The molecule has 2 amide bonds. The van der Waals surface area contributed by atoms with E-state index in [1.807, 2.05) is 0 Å². The van der Waals surface area contributed by atoms with E-state index in [0.29, 0.717) is 26.2 Å². The van der Waals surface area contributed by atoms with Crippen molar-refractivity contribution in [3.05, 3.63) is 69.1 Å².